The van der Waals surface area contributed by atoms with Crippen LogP contribution in [0.5, 0.6) is 0 Å². The summed E-state index contributed by atoms with van der Waals surface area (Å²) in [5, 5.41) is 13.8. The Morgan fingerprint density at radius 1 is 1.59 bits per heavy atom. The van der Waals surface area contributed by atoms with E-state index in [-0.39, 0.29) is 12.0 Å². The van der Waals surface area contributed by atoms with Crippen LogP contribution in [0.1, 0.15) is 26.2 Å². The average Bonchev–Trinajstić information content (AvgIpc) is 2.72. The lowest BCUT2D eigenvalue weighted by Gasteiger charge is -2.30. The number of rotatable bonds is 4. The second kappa shape index (κ2) is 5.23. The molecular formula is C12H19N3OS. The van der Waals surface area contributed by atoms with Crippen LogP contribution in [0.2, 0.25) is 0 Å². The van der Waals surface area contributed by atoms with Crippen LogP contribution in [0.25, 0.3) is 0 Å². The smallest absolute Gasteiger partial charge is 0.146 e. The fourth-order valence-corrected chi connectivity index (χ4v) is 2.72. The van der Waals surface area contributed by atoms with Gasteiger partial charge in [0.05, 0.1) is 19.0 Å². The van der Waals surface area contributed by atoms with Gasteiger partial charge in [-0.15, -0.1) is 11.8 Å². The third-order valence-corrected chi connectivity index (χ3v) is 4.20. The van der Waals surface area contributed by atoms with Crippen molar-refractivity contribution < 1.29 is 5.11 Å². The topological polar surface area (TPSA) is 58.0 Å². The summed E-state index contributed by atoms with van der Waals surface area (Å²) in [6.07, 6.45) is 8.80. The van der Waals surface area contributed by atoms with Gasteiger partial charge in [-0.2, -0.15) is 0 Å². The predicted molar refractivity (Wildman–Crippen MR) is 70.3 cm³/mol. The van der Waals surface area contributed by atoms with Gasteiger partial charge in [0, 0.05) is 11.5 Å². The molecule has 1 heterocycles. The lowest BCUT2D eigenvalue weighted by Crippen LogP contribution is -2.36. The molecule has 4 nitrogen and oxygen atoms in total. The molecule has 17 heavy (non-hydrogen) atoms. The Labute approximate surface area is 106 Å². The van der Waals surface area contributed by atoms with Gasteiger partial charge in [0.15, 0.2) is 0 Å². The minimum atomic E-state index is -0.0307. The molecule has 0 aromatic carbocycles. The summed E-state index contributed by atoms with van der Waals surface area (Å²) in [7, 11) is 0. The largest absolute Gasteiger partial charge is 0.396 e. The zero-order valence-corrected chi connectivity index (χ0v) is 11.1. The molecule has 0 saturated heterocycles. The van der Waals surface area contributed by atoms with E-state index in [4.69, 9.17) is 0 Å². The molecule has 2 rings (SSSR count). The fraction of sp³-hybridized carbons (Fsp3) is 0.667. The molecule has 1 aliphatic rings. The molecule has 0 bridgehead atoms. The van der Waals surface area contributed by atoms with Crippen molar-refractivity contribution in [2.24, 2.45) is 5.41 Å². The number of thioether (sulfide) groups is 1. The molecule has 1 saturated carbocycles. The monoisotopic (exact) mass is 253 g/mol. The Hall–Kier alpha value is -0.810. The van der Waals surface area contributed by atoms with Gasteiger partial charge in [-0.3, -0.25) is 4.98 Å². The summed E-state index contributed by atoms with van der Waals surface area (Å²) in [6.45, 7) is 2.35. The van der Waals surface area contributed by atoms with E-state index in [0.29, 0.717) is 6.04 Å². The molecule has 1 aliphatic carbocycles. The molecule has 0 spiro atoms. The standard InChI is InChI=1S/C12H19N3OS/c1-12(8-16)5-3-4-9(12)14-10-6-13-7-11(15-10)17-2/h6-7,9,16H,3-5,8H2,1-2H3,(H,14,15)/t9-,12-/m1/s1. The van der Waals surface area contributed by atoms with E-state index in [1.807, 2.05) is 6.26 Å². The molecule has 2 atom stereocenters. The van der Waals surface area contributed by atoms with Crippen LogP contribution >= 0.6 is 11.8 Å². The molecule has 94 valence electrons. The number of aromatic nitrogens is 2. The van der Waals surface area contributed by atoms with Crippen molar-refractivity contribution in [2.75, 3.05) is 18.2 Å². The average molecular weight is 253 g/mol. The van der Waals surface area contributed by atoms with Gasteiger partial charge in [0.25, 0.3) is 0 Å². The van der Waals surface area contributed by atoms with E-state index in [9.17, 15) is 5.11 Å². The highest BCUT2D eigenvalue weighted by atomic mass is 32.2. The molecule has 1 fully saturated rings. The third kappa shape index (κ3) is 2.72. The van der Waals surface area contributed by atoms with Crippen molar-refractivity contribution in [3.05, 3.63) is 12.4 Å². The number of anilines is 1. The first-order valence-corrected chi connectivity index (χ1v) is 7.14. The Bertz CT molecular complexity index is 388. The van der Waals surface area contributed by atoms with Gasteiger partial charge in [0.2, 0.25) is 0 Å². The van der Waals surface area contributed by atoms with E-state index in [1.54, 1.807) is 24.2 Å². The number of nitrogens with one attached hydrogen (secondary N) is 1. The van der Waals surface area contributed by atoms with Crippen molar-refractivity contribution in [3.8, 4) is 0 Å². The van der Waals surface area contributed by atoms with Crippen LogP contribution in [0.4, 0.5) is 5.82 Å². The van der Waals surface area contributed by atoms with E-state index in [2.05, 4.69) is 22.2 Å². The van der Waals surface area contributed by atoms with Gasteiger partial charge in [-0.25, -0.2) is 4.98 Å². The number of hydrogen-bond donors (Lipinski definition) is 2. The lowest BCUT2D eigenvalue weighted by molar-refractivity contribution is 0.139. The predicted octanol–water partition coefficient (Wildman–Crippen LogP) is 2.16. The number of hydrogen-bond acceptors (Lipinski definition) is 5. The summed E-state index contributed by atoms with van der Waals surface area (Å²) in [6, 6.07) is 0.291. The molecule has 1 aromatic heterocycles. The van der Waals surface area contributed by atoms with Crippen LogP contribution in [-0.2, 0) is 0 Å². The third-order valence-electron chi connectivity index (χ3n) is 3.59. The van der Waals surface area contributed by atoms with E-state index in [0.717, 1.165) is 30.1 Å². The molecule has 1 aromatic rings. The Morgan fingerprint density at radius 3 is 3.12 bits per heavy atom. The maximum Gasteiger partial charge on any atom is 0.146 e. The minimum Gasteiger partial charge on any atom is -0.396 e. The van der Waals surface area contributed by atoms with E-state index >= 15 is 0 Å². The molecule has 5 heteroatoms. The highest BCUT2D eigenvalue weighted by Gasteiger charge is 2.38. The Balaban J connectivity index is 2.09. The normalized spacial score (nSPS) is 28.3. The second-order valence-corrected chi connectivity index (χ2v) is 5.67. The summed E-state index contributed by atoms with van der Waals surface area (Å²) in [5.41, 5.74) is -0.0307. The van der Waals surface area contributed by atoms with Crippen LogP contribution in [-0.4, -0.2) is 34.0 Å². The van der Waals surface area contributed by atoms with Gasteiger partial charge < -0.3 is 10.4 Å². The van der Waals surface area contributed by atoms with E-state index in [1.165, 1.54) is 0 Å². The van der Waals surface area contributed by atoms with Crippen LogP contribution < -0.4 is 5.32 Å². The molecular weight excluding hydrogens is 234 g/mol. The second-order valence-electron chi connectivity index (χ2n) is 4.85. The first kappa shape index (κ1) is 12.6. The van der Waals surface area contributed by atoms with Gasteiger partial charge in [-0.05, 0) is 19.1 Å². The lowest BCUT2D eigenvalue weighted by atomic mass is 9.86. The molecule has 0 amide bonds. The number of aliphatic hydroxyl groups is 1. The van der Waals surface area contributed by atoms with Crippen LogP contribution in [0, 0.1) is 5.41 Å². The first-order valence-electron chi connectivity index (χ1n) is 5.91. The summed E-state index contributed by atoms with van der Waals surface area (Å²) >= 11 is 1.58. The SMILES string of the molecule is CSc1cncc(N[C@@H]2CCC[C@]2(C)CO)n1. The van der Waals surface area contributed by atoms with Gasteiger partial charge in [-0.1, -0.05) is 13.3 Å². The van der Waals surface area contributed by atoms with Crippen LogP contribution in [0.3, 0.4) is 0 Å². The Kier molecular flexibility index (Phi) is 3.89. The zero-order valence-electron chi connectivity index (χ0n) is 10.3. The quantitative estimate of drug-likeness (QED) is 0.805. The van der Waals surface area contributed by atoms with E-state index < -0.39 is 0 Å². The highest BCUT2D eigenvalue weighted by molar-refractivity contribution is 7.98. The fourth-order valence-electron chi connectivity index (χ4n) is 2.36. The van der Waals surface area contributed by atoms with Gasteiger partial charge >= 0.3 is 0 Å². The van der Waals surface area contributed by atoms with Crippen molar-refractivity contribution in [3.63, 3.8) is 0 Å². The summed E-state index contributed by atoms with van der Waals surface area (Å²) < 4.78 is 0. The maximum absolute atomic E-state index is 9.49. The van der Waals surface area contributed by atoms with Crippen LogP contribution in [0.15, 0.2) is 17.4 Å². The van der Waals surface area contributed by atoms with Crippen molar-refractivity contribution in [1.29, 1.82) is 0 Å². The number of nitrogens with zero attached hydrogens (tertiary/aromatic N) is 2. The van der Waals surface area contributed by atoms with Crippen molar-refractivity contribution >= 4 is 17.6 Å². The first-order chi connectivity index (χ1) is 8.18. The zero-order chi connectivity index (χ0) is 12.3. The number of aliphatic hydroxyl groups excluding tert-OH is 1. The molecule has 0 aliphatic heterocycles. The summed E-state index contributed by atoms with van der Waals surface area (Å²) in [4.78, 5) is 8.63. The minimum absolute atomic E-state index is 0.0307. The molecule has 2 N–H and O–H groups in total. The molecule has 0 unspecified atom stereocenters. The summed E-state index contributed by atoms with van der Waals surface area (Å²) in [5.74, 6) is 0.809. The van der Waals surface area contributed by atoms with Crippen molar-refractivity contribution in [2.45, 2.75) is 37.3 Å². The maximum atomic E-state index is 9.49. The van der Waals surface area contributed by atoms with Gasteiger partial charge in [0.1, 0.15) is 10.8 Å². The molecule has 0 radical (unpaired) electrons. The highest BCUT2D eigenvalue weighted by Crippen LogP contribution is 2.38. The Morgan fingerprint density at radius 2 is 2.41 bits per heavy atom. The van der Waals surface area contributed by atoms with Crippen molar-refractivity contribution in [1.82, 2.24) is 9.97 Å².